The summed E-state index contributed by atoms with van der Waals surface area (Å²) in [5, 5.41) is 0.426. The number of benzene rings is 2. The summed E-state index contributed by atoms with van der Waals surface area (Å²) >= 11 is 9.06. The molecule has 2 rings (SSSR count). The minimum absolute atomic E-state index is 0.0725. The predicted molar refractivity (Wildman–Crippen MR) is 87.4 cm³/mol. The molecule has 0 aliphatic heterocycles. The van der Waals surface area contributed by atoms with Crippen LogP contribution in [0.4, 0.5) is 11.4 Å². The van der Waals surface area contributed by atoms with Gasteiger partial charge < -0.3 is 10.5 Å². The van der Waals surface area contributed by atoms with Crippen LogP contribution in [0.2, 0.25) is 5.02 Å². The summed E-state index contributed by atoms with van der Waals surface area (Å²) in [5.74, 6) is 0.376. The number of methoxy groups -OCH3 is 1. The predicted octanol–water partition coefficient (Wildman–Crippen LogP) is 3.49. The molecule has 0 radical (unpaired) electrons. The Morgan fingerprint density at radius 3 is 2.57 bits per heavy atom. The maximum absolute atomic E-state index is 12.4. The third-order valence-electron chi connectivity index (χ3n) is 2.67. The van der Waals surface area contributed by atoms with Gasteiger partial charge in [-0.25, -0.2) is 8.42 Å². The molecular formula is C13H12BrClN2O3S. The summed E-state index contributed by atoms with van der Waals surface area (Å²) in [6.45, 7) is 0. The van der Waals surface area contributed by atoms with E-state index < -0.39 is 10.0 Å². The van der Waals surface area contributed by atoms with E-state index in [-0.39, 0.29) is 10.6 Å². The number of hydrogen-bond donors (Lipinski definition) is 2. The van der Waals surface area contributed by atoms with Crippen LogP contribution in [0.5, 0.6) is 5.75 Å². The molecule has 0 aliphatic rings. The second-order valence-corrected chi connectivity index (χ2v) is 7.09. The molecule has 0 heterocycles. The monoisotopic (exact) mass is 390 g/mol. The molecule has 0 atom stereocenters. The van der Waals surface area contributed by atoms with Crippen LogP contribution >= 0.6 is 27.5 Å². The zero-order valence-electron chi connectivity index (χ0n) is 10.9. The topological polar surface area (TPSA) is 81.4 Å². The van der Waals surface area contributed by atoms with Crippen LogP contribution in [0.3, 0.4) is 0 Å². The van der Waals surface area contributed by atoms with Crippen LogP contribution in [0.15, 0.2) is 45.8 Å². The van der Waals surface area contributed by atoms with Gasteiger partial charge in [-0.15, -0.1) is 0 Å². The van der Waals surface area contributed by atoms with Gasteiger partial charge in [0, 0.05) is 10.2 Å². The number of hydrogen-bond acceptors (Lipinski definition) is 4. The Hall–Kier alpha value is -1.44. The van der Waals surface area contributed by atoms with Crippen molar-refractivity contribution in [2.45, 2.75) is 4.90 Å². The fourth-order valence-electron chi connectivity index (χ4n) is 1.65. The highest BCUT2D eigenvalue weighted by molar-refractivity contribution is 9.10. The number of nitrogens with two attached hydrogens (primary N) is 1. The molecule has 0 spiro atoms. The number of nitrogens with one attached hydrogen (secondary N) is 1. The Kier molecular flexibility index (Phi) is 4.65. The molecule has 0 unspecified atom stereocenters. The van der Waals surface area contributed by atoms with Gasteiger partial charge in [0.2, 0.25) is 0 Å². The minimum atomic E-state index is -3.78. The average molecular weight is 392 g/mol. The third kappa shape index (κ3) is 3.61. The maximum Gasteiger partial charge on any atom is 0.262 e. The Morgan fingerprint density at radius 2 is 1.95 bits per heavy atom. The van der Waals surface area contributed by atoms with Gasteiger partial charge in [0.05, 0.1) is 22.7 Å². The van der Waals surface area contributed by atoms with Crippen LogP contribution in [0.25, 0.3) is 0 Å². The van der Waals surface area contributed by atoms with Crippen molar-refractivity contribution in [3.8, 4) is 5.75 Å². The summed E-state index contributed by atoms with van der Waals surface area (Å²) in [6, 6.07) is 9.02. The molecule has 2 aromatic rings. The molecule has 5 nitrogen and oxygen atoms in total. The fraction of sp³-hybridized carbons (Fsp3) is 0.0769. The van der Waals surface area contributed by atoms with E-state index in [1.54, 1.807) is 12.1 Å². The number of sulfonamides is 1. The standard InChI is InChI=1S/C13H12BrClN2O3S/c1-20-13-5-2-8(16)6-12(13)17-21(18,19)9-3-4-11(15)10(14)7-9/h2-7,17H,16H2,1H3. The summed E-state index contributed by atoms with van der Waals surface area (Å²) in [7, 11) is -2.33. The van der Waals surface area contributed by atoms with E-state index in [0.717, 1.165) is 0 Å². The first kappa shape index (κ1) is 15.9. The summed E-state index contributed by atoms with van der Waals surface area (Å²) in [6.07, 6.45) is 0. The van der Waals surface area contributed by atoms with Crippen LogP contribution in [0, 0.1) is 0 Å². The number of nitrogen functional groups attached to an aromatic ring is 1. The van der Waals surface area contributed by atoms with Gasteiger partial charge >= 0.3 is 0 Å². The molecule has 0 amide bonds. The van der Waals surface area contributed by atoms with Gasteiger partial charge in [0.15, 0.2) is 0 Å². The Bertz CT molecular complexity index is 781. The van der Waals surface area contributed by atoms with Crippen molar-refractivity contribution in [1.82, 2.24) is 0 Å². The SMILES string of the molecule is COc1ccc(N)cc1NS(=O)(=O)c1ccc(Cl)c(Br)c1. The zero-order valence-corrected chi connectivity index (χ0v) is 14.1. The zero-order chi connectivity index (χ0) is 15.6. The van der Waals surface area contributed by atoms with E-state index in [4.69, 9.17) is 22.1 Å². The van der Waals surface area contributed by atoms with Crippen molar-refractivity contribution in [3.63, 3.8) is 0 Å². The second-order valence-electron chi connectivity index (χ2n) is 4.14. The van der Waals surface area contributed by atoms with Crippen LogP contribution < -0.4 is 15.2 Å². The molecule has 0 aromatic heterocycles. The van der Waals surface area contributed by atoms with Gasteiger partial charge in [0.1, 0.15) is 5.75 Å². The van der Waals surface area contributed by atoms with Gasteiger partial charge in [-0.05, 0) is 52.3 Å². The maximum atomic E-state index is 12.4. The highest BCUT2D eigenvalue weighted by Crippen LogP contribution is 2.30. The smallest absolute Gasteiger partial charge is 0.262 e. The van der Waals surface area contributed by atoms with E-state index >= 15 is 0 Å². The van der Waals surface area contributed by atoms with Crippen molar-refractivity contribution in [1.29, 1.82) is 0 Å². The van der Waals surface area contributed by atoms with Crippen LogP contribution in [-0.4, -0.2) is 15.5 Å². The van der Waals surface area contributed by atoms with Crippen molar-refractivity contribution < 1.29 is 13.2 Å². The Balaban J connectivity index is 2.41. The number of halogens is 2. The Labute approximate surface area is 136 Å². The number of anilines is 2. The fourth-order valence-corrected chi connectivity index (χ4v) is 3.39. The second kappa shape index (κ2) is 6.13. The largest absolute Gasteiger partial charge is 0.495 e. The van der Waals surface area contributed by atoms with Crippen LogP contribution in [0.1, 0.15) is 0 Å². The molecule has 21 heavy (non-hydrogen) atoms. The number of ether oxygens (including phenoxy) is 1. The average Bonchev–Trinajstić information content (AvgIpc) is 2.41. The van der Waals surface area contributed by atoms with Gasteiger partial charge in [0.25, 0.3) is 10.0 Å². The lowest BCUT2D eigenvalue weighted by molar-refractivity contribution is 0.417. The lowest BCUT2D eigenvalue weighted by Gasteiger charge is -2.13. The molecule has 0 bridgehead atoms. The van der Waals surface area contributed by atoms with Gasteiger partial charge in [-0.2, -0.15) is 0 Å². The molecular weight excluding hydrogens is 380 g/mol. The van der Waals surface area contributed by atoms with Crippen molar-refractivity contribution in [2.24, 2.45) is 0 Å². The molecule has 0 saturated carbocycles. The molecule has 112 valence electrons. The summed E-state index contributed by atoms with van der Waals surface area (Å²) < 4.78 is 32.8. The van der Waals surface area contributed by atoms with Crippen LogP contribution in [-0.2, 0) is 10.0 Å². The normalized spacial score (nSPS) is 11.2. The van der Waals surface area contributed by atoms with Gasteiger partial charge in [-0.3, -0.25) is 4.72 Å². The molecule has 0 fully saturated rings. The molecule has 0 aliphatic carbocycles. The minimum Gasteiger partial charge on any atom is -0.495 e. The van der Waals surface area contributed by atoms with Crippen molar-refractivity contribution in [3.05, 3.63) is 45.9 Å². The summed E-state index contributed by atoms with van der Waals surface area (Å²) in [4.78, 5) is 0.0725. The lowest BCUT2D eigenvalue weighted by Crippen LogP contribution is -2.14. The molecule has 0 saturated heterocycles. The lowest BCUT2D eigenvalue weighted by atomic mass is 10.2. The molecule has 3 N–H and O–H groups in total. The quantitative estimate of drug-likeness (QED) is 0.782. The Morgan fingerprint density at radius 1 is 1.24 bits per heavy atom. The highest BCUT2D eigenvalue weighted by atomic mass is 79.9. The summed E-state index contributed by atoms with van der Waals surface area (Å²) in [5.41, 5.74) is 6.36. The third-order valence-corrected chi connectivity index (χ3v) is 5.25. The van der Waals surface area contributed by atoms with Gasteiger partial charge in [-0.1, -0.05) is 11.6 Å². The van der Waals surface area contributed by atoms with E-state index in [2.05, 4.69) is 20.7 Å². The van der Waals surface area contributed by atoms with Crippen molar-refractivity contribution in [2.75, 3.05) is 17.6 Å². The first-order valence-electron chi connectivity index (χ1n) is 5.75. The van der Waals surface area contributed by atoms with E-state index in [9.17, 15) is 8.42 Å². The number of rotatable bonds is 4. The van der Waals surface area contributed by atoms with E-state index in [1.165, 1.54) is 31.4 Å². The molecule has 8 heteroatoms. The first-order valence-corrected chi connectivity index (χ1v) is 8.40. The highest BCUT2D eigenvalue weighted by Gasteiger charge is 2.17. The van der Waals surface area contributed by atoms with Crippen molar-refractivity contribution >= 4 is 48.9 Å². The first-order chi connectivity index (χ1) is 9.83. The van der Waals surface area contributed by atoms with E-state index in [0.29, 0.717) is 20.9 Å². The molecule has 2 aromatic carbocycles. The van der Waals surface area contributed by atoms with E-state index in [1.807, 2.05) is 0 Å².